The predicted octanol–water partition coefficient (Wildman–Crippen LogP) is 1.46. The standard InChI is InChI=1S/C16H24ClN3O2/c17-15-2-1-14(20-5-3-18-4-6-20)13-16(15)22-12-9-19-7-10-21-11-8-19/h1-2,13,18H,3-12H2. The third-order valence-corrected chi connectivity index (χ3v) is 4.48. The van der Waals surface area contributed by atoms with Crippen LogP contribution in [0.1, 0.15) is 0 Å². The van der Waals surface area contributed by atoms with Crippen molar-refractivity contribution in [1.29, 1.82) is 0 Å². The topological polar surface area (TPSA) is 37.0 Å². The molecule has 0 unspecified atom stereocenters. The van der Waals surface area contributed by atoms with Crippen LogP contribution >= 0.6 is 11.6 Å². The second kappa shape index (κ2) is 8.02. The number of morpholine rings is 1. The highest BCUT2D eigenvalue weighted by molar-refractivity contribution is 6.32. The van der Waals surface area contributed by atoms with Crippen molar-refractivity contribution < 1.29 is 9.47 Å². The van der Waals surface area contributed by atoms with Gasteiger partial charge in [-0.2, -0.15) is 0 Å². The van der Waals surface area contributed by atoms with Gasteiger partial charge in [0, 0.05) is 57.6 Å². The second-order valence-electron chi connectivity index (χ2n) is 5.65. The Morgan fingerprint density at radius 3 is 2.68 bits per heavy atom. The Morgan fingerprint density at radius 1 is 1.14 bits per heavy atom. The fourth-order valence-corrected chi connectivity index (χ4v) is 3.00. The lowest BCUT2D eigenvalue weighted by Gasteiger charge is -2.30. The molecule has 0 amide bonds. The minimum absolute atomic E-state index is 0.657. The van der Waals surface area contributed by atoms with Gasteiger partial charge >= 0.3 is 0 Å². The molecule has 5 nitrogen and oxygen atoms in total. The fraction of sp³-hybridized carbons (Fsp3) is 0.625. The number of rotatable bonds is 5. The monoisotopic (exact) mass is 325 g/mol. The summed E-state index contributed by atoms with van der Waals surface area (Å²) in [7, 11) is 0. The molecule has 1 aromatic carbocycles. The molecular formula is C16H24ClN3O2. The molecule has 0 radical (unpaired) electrons. The number of piperazine rings is 1. The maximum Gasteiger partial charge on any atom is 0.140 e. The van der Waals surface area contributed by atoms with Gasteiger partial charge in [0.25, 0.3) is 0 Å². The first kappa shape index (κ1) is 15.9. The fourth-order valence-electron chi connectivity index (χ4n) is 2.83. The zero-order valence-corrected chi connectivity index (χ0v) is 13.6. The minimum atomic E-state index is 0.657. The van der Waals surface area contributed by atoms with E-state index in [1.165, 1.54) is 5.69 Å². The van der Waals surface area contributed by atoms with Crippen LogP contribution in [-0.4, -0.2) is 70.5 Å². The van der Waals surface area contributed by atoms with Crippen LogP contribution in [0.3, 0.4) is 0 Å². The van der Waals surface area contributed by atoms with Crippen molar-refractivity contribution in [2.45, 2.75) is 0 Å². The van der Waals surface area contributed by atoms with Crippen LogP contribution < -0.4 is 15.0 Å². The number of hydrogen-bond donors (Lipinski definition) is 1. The third-order valence-electron chi connectivity index (χ3n) is 4.17. The highest BCUT2D eigenvalue weighted by Gasteiger charge is 2.14. The molecule has 1 N–H and O–H groups in total. The summed E-state index contributed by atoms with van der Waals surface area (Å²) in [4.78, 5) is 4.72. The van der Waals surface area contributed by atoms with Crippen LogP contribution in [0.15, 0.2) is 18.2 Å². The first-order valence-corrected chi connectivity index (χ1v) is 8.39. The second-order valence-corrected chi connectivity index (χ2v) is 6.06. The first-order valence-electron chi connectivity index (χ1n) is 8.01. The largest absolute Gasteiger partial charge is 0.491 e. The molecule has 0 bridgehead atoms. The van der Waals surface area contributed by atoms with Gasteiger partial charge in [0.15, 0.2) is 0 Å². The van der Waals surface area contributed by atoms with Gasteiger partial charge in [0.05, 0.1) is 18.2 Å². The average molecular weight is 326 g/mol. The number of ether oxygens (including phenoxy) is 2. The van der Waals surface area contributed by atoms with Crippen molar-refractivity contribution in [2.24, 2.45) is 0 Å². The summed E-state index contributed by atoms with van der Waals surface area (Å²) in [6, 6.07) is 6.07. The van der Waals surface area contributed by atoms with E-state index in [4.69, 9.17) is 21.1 Å². The van der Waals surface area contributed by atoms with E-state index in [2.05, 4.69) is 27.2 Å². The van der Waals surface area contributed by atoms with Gasteiger partial charge < -0.3 is 19.7 Å². The van der Waals surface area contributed by atoms with E-state index < -0.39 is 0 Å². The Bertz CT molecular complexity index is 474. The summed E-state index contributed by atoms with van der Waals surface area (Å²) in [6.45, 7) is 9.27. The Hall–Kier alpha value is -1.01. The van der Waals surface area contributed by atoms with E-state index in [-0.39, 0.29) is 0 Å². The number of nitrogens with zero attached hydrogens (tertiary/aromatic N) is 2. The zero-order chi connectivity index (χ0) is 15.2. The van der Waals surface area contributed by atoms with Gasteiger partial charge in [-0.25, -0.2) is 0 Å². The van der Waals surface area contributed by atoms with Crippen LogP contribution in [0.5, 0.6) is 5.75 Å². The summed E-state index contributed by atoms with van der Waals surface area (Å²) >= 11 is 6.27. The molecule has 0 aliphatic carbocycles. The van der Waals surface area contributed by atoms with Gasteiger partial charge in [-0.15, -0.1) is 0 Å². The summed E-state index contributed by atoms with van der Waals surface area (Å²) in [5, 5.41) is 4.05. The average Bonchev–Trinajstić information content (AvgIpc) is 2.58. The zero-order valence-electron chi connectivity index (χ0n) is 12.9. The number of benzene rings is 1. The SMILES string of the molecule is Clc1ccc(N2CCNCC2)cc1OCCN1CCOCC1. The summed E-state index contributed by atoms with van der Waals surface area (Å²) in [5.41, 5.74) is 1.19. The van der Waals surface area contributed by atoms with Crippen molar-refractivity contribution >= 4 is 17.3 Å². The lowest BCUT2D eigenvalue weighted by atomic mass is 10.2. The lowest BCUT2D eigenvalue weighted by molar-refractivity contribution is 0.0322. The predicted molar refractivity (Wildman–Crippen MR) is 89.3 cm³/mol. The number of hydrogen-bond acceptors (Lipinski definition) is 5. The van der Waals surface area contributed by atoms with Gasteiger partial charge in [-0.05, 0) is 12.1 Å². The molecule has 6 heteroatoms. The third kappa shape index (κ3) is 4.26. The molecule has 0 aromatic heterocycles. The van der Waals surface area contributed by atoms with Gasteiger partial charge in [0.2, 0.25) is 0 Å². The highest BCUT2D eigenvalue weighted by atomic mass is 35.5. The van der Waals surface area contributed by atoms with E-state index in [0.717, 1.165) is 64.8 Å². The summed E-state index contributed by atoms with van der Waals surface area (Å²) in [5.74, 6) is 0.783. The normalized spacial score (nSPS) is 20.1. The Morgan fingerprint density at radius 2 is 1.91 bits per heavy atom. The van der Waals surface area contributed by atoms with Crippen molar-refractivity contribution in [1.82, 2.24) is 10.2 Å². The van der Waals surface area contributed by atoms with E-state index in [9.17, 15) is 0 Å². The van der Waals surface area contributed by atoms with E-state index >= 15 is 0 Å². The van der Waals surface area contributed by atoms with Crippen LogP contribution in [0, 0.1) is 0 Å². The smallest absolute Gasteiger partial charge is 0.140 e. The van der Waals surface area contributed by atoms with Crippen LogP contribution in [0.2, 0.25) is 5.02 Å². The van der Waals surface area contributed by atoms with Gasteiger partial charge in [-0.3, -0.25) is 4.90 Å². The van der Waals surface area contributed by atoms with E-state index in [1.807, 2.05) is 6.07 Å². The van der Waals surface area contributed by atoms with Crippen molar-refractivity contribution in [3.8, 4) is 5.75 Å². The Kier molecular flexibility index (Phi) is 5.78. The summed E-state index contributed by atoms with van der Waals surface area (Å²) < 4.78 is 11.3. The van der Waals surface area contributed by atoms with E-state index in [0.29, 0.717) is 11.6 Å². The van der Waals surface area contributed by atoms with Crippen molar-refractivity contribution in [3.05, 3.63) is 23.2 Å². The molecule has 2 aliphatic heterocycles. The quantitative estimate of drug-likeness (QED) is 0.887. The van der Waals surface area contributed by atoms with Crippen LogP contribution in [0.4, 0.5) is 5.69 Å². The molecule has 0 saturated carbocycles. The van der Waals surface area contributed by atoms with Gasteiger partial charge in [0.1, 0.15) is 12.4 Å². The Labute approximate surface area is 137 Å². The minimum Gasteiger partial charge on any atom is -0.491 e. The summed E-state index contributed by atoms with van der Waals surface area (Å²) in [6.07, 6.45) is 0. The first-order chi connectivity index (χ1) is 10.8. The number of anilines is 1. The molecule has 2 heterocycles. The molecule has 1 aromatic rings. The molecule has 2 saturated heterocycles. The molecular weight excluding hydrogens is 302 g/mol. The molecule has 122 valence electrons. The lowest BCUT2D eigenvalue weighted by Crippen LogP contribution is -2.43. The van der Waals surface area contributed by atoms with Crippen LogP contribution in [-0.2, 0) is 4.74 Å². The van der Waals surface area contributed by atoms with E-state index in [1.54, 1.807) is 0 Å². The number of nitrogens with one attached hydrogen (secondary N) is 1. The molecule has 0 atom stereocenters. The molecule has 0 spiro atoms. The maximum atomic E-state index is 6.27. The van der Waals surface area contributed by atoms with Crippen LogP contribution in [0.25, 0.3) is 0 Å². The molecule has 2 aliphatic rings. The molecule has 3 rings (SSSR count). The van der Waals surface area contributed by atoms with Gasteiger partial charge in [-0.1, -0.05) is 11.6 Å². The van der Waals surface area contributed by atoms with Crippen molar-refractivity contribution in [2.75, 3.05) is 70.5 Å². The van der Waals surface area contributed by atoms with Crippen molar-refractivity contribution in [3.63, 3.8) is 0 Å². The highest BCUT2D eigenvalue weighted by Crippen LogP contribution is 2.29. The number of halogens is 1. The Balaban J connectivity index is 1.55. The maximum absolute atomic E-state index is 6.27. The molecule has 22 heavy (non-hydrogen) atoms. The molecule has 2 fully saturated rings.